The fraction of sp³-hybridized carbons (Fsp3) is 0.632. The molecule has 3 aliphatic heterocycles. The molecule has 3 N–H and O–H groups in total. The molecule has 3 saturated carbocycles. The largest absolute Gasteiger partial charge is 0.471 e. The van der Waals surface area contributed by atoms with Crippen molar-refractivity contribution in [2.75, 3.05) is 6.54 Å². The minimum atomic E-state index is -3.87. The monoisotopic (exact) mass is 748 g/mol. The van der Waals surface area contributed by atoms with Gasteiger partial charge >= 0.3 is 6.09 Å². The van der Waals surface area contributed by atoms with E-state index >= 15 is 0 Å². The number of nitrogens with zero attached hydrogens (tertiary/aromatic N) is 3. The molecular formula is C38H48N6O8S. The van der Waals surface area contributed by atoms with Crippen molar-refractivity contribution in [2.45, 2.75) is 131 Å². The predicted molar refractivity (Wildman–Crippen MR) is 193 cm³/mol. The van der Waals surface area contributed by atoms with E-state index in [-0.39, 0.29) is 31.4 Å². The Bertz CT molecular complexity index is 1920. The summed E-state index contributed by atoms with van der Waals surface area (Å²) in [7, 11) is -3.87. The highest BCUT2D eigenvalue weighted by molar-refractivity contribution is 7.91. The number of ether oxygens (including phenoxy) is 2. The molecule has 4 heterocycles. The maximum atomic E-state index is 14.5. The minimum absolute atomic E-state index is 0.0291. The van der Waals surface area contributed by atoms with Crippen LogP contribution in [0.3, 0.4) is 0 Å². The summed E-state index contributed by atoms with van der Waals surface area (Å²) < 4.78 is 40.2. The third-order valence-electron chi connectivity index (χ3n) is 11.6. The van der Waals surface area contributed by atoms with Crippen molar-refractivity contribution in [1.29, 1.82) is 0 Å². The van der Waals surface area contributed by atoms with Crippen LogP contribution >= 0.6 is 0 Å². The molecule has 4 fully saturated rings. The van der Waals surface area contributed by atoms with E-state index in [2.05, 4.69) is 15.4 Å². The van der Waals surface area contributed by atoms with E-state index in [0.717, 1.165) is 50.5 Å². The number of aromatic nitrogens is 2. The molecule has 4 amide bonds. The number of para-hydroxylation sites is 2. The molecule has 3 aliphatic carbocycles. The van der Waals surface area contributed by atoms with E-state index < -0.39 is 68.7 Å². The lowest BCUT2D eigenvalue weighted by molar-refractivity contribution is -0.141. The Balaban J connectivity index is 1.12. The number of carbonyl (C=O) groups excluding carboxylic acids is 4. The maximum Gasteiger partial charge on any atom is 0.408 e. The Morgan fingerprint density at radius 2 is 1.70 bits per heavy atom. The maximum absolute atomic E-state index is 14.5. The van der Waals surface area contributed by atoms with Gasteiger partial charge in [-0.25, -0.2) is 23.2 Å². The number of alkyl carbamates (subject to hydrolysis) is 1. The van der Waals surface area contributed by atoms with Crippen LogP contribution in [0, 0.1) is 11.8 Å². The van der Waals surface area contributed by atoms with Crippen LogP contribution in [0.2, 0.25) is 0 Å². The van der Waals surface area contributed by atoms with Gasteiger partial charge in [0.2, 0.25) is 27.7 Å². The van der Waals surface area contributed by atoms with Crippen molar-refractivity contribution in [2.24, 2.45) is 11.8 Å². The van der Waals surface area contributed by atoms with Gasteiger partial charge in [0.25, 0.3) is 5.91 Å². The lowest BCUT2D eigenvalue weighted by atomic mass is 10.0. The molecule has 0 spiro atoms. The Kier molecular flexibility index (Phi) is 9.79. The fourth-order valence-corrected chi connectivity index (χ4v) is 9.50. The molecule has 2 aromatic rings. The van der Waals surface area contributed by atoms with Gasteiger partial charge in [-0.05, 0) is 82.3 Å². The number of allylic oxidation sites excluding steroid dienone is 1. The second-order valence-corrected chi connectivity index (χ2v) is 17.7. The molecule has 1 aromatic heterocycles. The molecule has 3 bridgehead atoms. The molecule has 15 heteroatoms. The standard InChI is InChI=1S/C38H48N6O8S/c45-33-31-20-25-22-44(31)35(46)30(16-7-3-1-2-6-12-24-21-38(24,42-33)36(47)43-53(49,50)26-17-18-26)41-37(48)52-32-19-23(32)11-5-4-8-15-29-34(51-25)40-28-14-10-9-13-27(28)39-29/h6,9-10,12-14,23-26,30-32H,1-5,7-8,11,15-22H2,(H,41,48)(H,42,45)(H,43,47)/b12-6-/t23-,24+,25-,30+,31+,32-,38+/m1/s1. The molecule has 6 aliphatic rings. The summed E-state index contributed by atoms with van der Waals surface area (Å²) in [5.74, 6) is -1.56. The van der Waals surface area contributed by atoms with Gasteiger partial charge in [-0.2, -0.15) is 0 Å². The molecule has 1 saturated heterocycles. The van der Waals surface area contributed by atoms with Crippen molar-refractivity contribution < 1.29 is 37.1 Å². The van der Waals surface area contributed by atoms with Crippen LogP contribution < -0.4 is 20.1 Å². The zero-order valence-corrected chi connectivity index (χ0v) is 30.7. The number of fused-ring (bicyclic) bond motifs is 6. The molecule has 0 unspecified atom stereocenters. The third kappa shape index (κ3) is 7.85. The van der Waals surface area contributed by atoms with Crippen LogP contribution in [0.25, 0.3) is 11.0 Å². The molecule has 14 nitrogen and oxygen atoms in total. The van der Waals surface area contributed by atoms with E-state index in [4.69, 9.17) is 19.4 Å². The van der Waals surface area contributed by atoms with Gasteiger partial charge in [0.1, 0.15) is 35.5 Å². The summed E-state index contributed by atoms with van der Waals surface area (Å²) >= 11 is 0. The smallest absolute Gasteiger partial charge is 0.408 e. The van der Waals surface area contributed by atoms with Gasteiger partial charge in [-0.1, -0.05) is 50.0 Å². The van der Waals surface area contributed by atoms with Gasteiger partial charge in [0.05, 0.1) is 22.8 Å². The van der Waals surface area contributed by atoms with E-state index in [1.165, 1.54) is 4.90 Å². The number of aryl methyl sites for hydroxylation is 1. The van der Waals surface area contributed by atoms with E-state index in [0.29, 0.717) is 55.6 Å². The zero-order chi connectivity index (χ0) is 36.7. The van der Waals surface area contributed by atoms with Gasteiger partial charge in [0, 0.05) is 12.3 Å². The number of sulfonamides is 1. The quantitative estimate of drug-likeness (QED) is 0.392. The molecular weight excluding hydrogens is 701 g/mol. The van der Waals surface area contributed by atoms with Gasteiger partial charge in [0.15, 0.2) is 0 Å². The Morgan fingerprint density at radius 3 is 2.51 bits per heavy atom. The van der Waals surface area contributed by atoms with Crippen LogP contribution in [-0.4, -0.2) is 88.7 Å². The van der Waals surface area contributed by atoms with Crippen LogP contribution in [0.4, 0.5) is 4.79 Å². The molecule has 7 atom stereocenters. The van der Waals surface area contributed by atoms with Crippen LogP contribution in [0.1, 0.15) is 95.6 Å². The van der Waals surface area contributed by atoms with Crippen molar-refractivity contribution in [1.82, 2.24) is 30.2 Å². The summed E-state index contributed by atoms with van der Waals surface area (Å²) in [5.41, 5.74) is 0.652. The summed E-state index contributed by atoms with van der Waals surface area (Å²) in [4.78, 5) is 67.0. The Labute approximate surface area is 309 Å². The number of hydrogen-bond donors (Lipinski definition) is 3. The lowest BCUT2D eigenvalue weighted by Gasteiger charge is -2.29. The minimum Gasteiger partial charge on any atom is -0.471 e. The van der Waals surface area contributed by atoms with Gasteiger partial charge in [-0.15, -0.1) is 0 Å². The van der Waals surface area contributed by atoms with Crippen LogP contribution in [0.15, 0.2) is 36.4 Å². The van der Waals surface area contributed by atoms with Crippen LogP contribution in [0.5, 0.6) is 5.88 Å². The van der Waals surface area contributed by atoms with Crippen molar-refractivity contribution in [3.05, 3.63) is 42.1 Å². The predicted octanol–water partition coefficient (Wildman–Crippen LogP) is 3.58. The first kappa shape index (κ1) is 35.7. The summed E-state index contributed by atoms with van der Waals surface area (Å²) in [6.45, 7) is 0.0291. The van der Waals surface area contributed by atoms with Gasteiger partial charge in [-0.3, -0.25) is 19.1 Å². The molecule has 53 heavy (non-hydrogen) atoms. The molecule has 8 rings (SSSR count). The highest BCUT2D eigenvalue weighted by atomic mass is 32.2. The third-order valence-corrected chi connectivity index (χ3v) is 13.4. The fourth-order valence-electron chi connectivity index (χ4n) is 8.14. The first-order valence-electron chi connectivity index (χ1n) is 19.3. The van der Waals surface area contributed by atoms with E-state index in [9.17, 15) is 27.6 Å². The SMILES string of the molecule is O=C1N[C@H]2CCCCC/C=C\[C@H]3C[C@]3(C(=O)NS(=O)(=O)C3CC3)NC(=O)[C@@H]3C[C@H](CN3C2=O)Oc2nc3ccccc3nc2CCCCC[C@@H]2C[C@H]2O1. The van der Waals surface area contributed by atoms with Crippen molar-refractivity contribution in [3.63, 3.8) is 0 Å². The number of nitrogens with one attached hydrogen (secondary N) is 3. The second-order valence-electron chi connectivity index (χ2n) is 15.7. The second kappa shape index (κ2) is 14.5. The average Bonchev–Trinajstić information content (AvgIpc) is 4.06. The van der Waals surface area contributed by atoms with Crippen molar-refractivity contribution in [3.8, 4) is 5.88 Å². The average molecular weight is 749 g/mol. The summed E-state index contributed by atoms with van der Waals surface area (Å²) in [6, 6.07) is 5.55. The number of benzene rings is 1. The zero-order valence-electron chi connectivity index (χ0n) is 29.8. The normalized spacial score (nSPS) is 33.1. The molecule has 284 valence electrons. The highest BCUT2D eigenvalue weighted by Gasteiger charge is 2.62. The topological polar surface area (TPSA) is 186 Å². The summed E-state index contributed by atoms with van der Waals surface area (Å²) in [6.07, 6.45) is 12.2. The lowest BCUT2D eigenvalue weighted by Crippen LogP contribution is -2.58. The molecule has 1 aromatic carbocycles. The van der Waals surface area contributed by atoms with Crippen molar-refractivity contribution >= 4 is 44.9 Å². The Morgan fingerprint density at radius 1 is 0.925 bits per heavy atom. The summed E-state index contributed by atoms with van der Waals surface area (Å²) in [5, 5.41) is 5.13. The number of hydrogen-bond acceptors (Lipinski definition) is 10. The number of amides is 4. The van der Waals surface area contributed by atoms with Crippen LogP contribution in [-0.2, 0) is 35.6 Å². The first-order chi connectivity index (χ1) is 25.6. The van der Waals surface area contributed by atoms with Gasteiger partial charge < -0.3 is 25.0 Å². The molecule has 0 radical (unpaired) electrons. The highest BCUT2D eigenvalue weighted by Crippen LogP contribution is 2.46. The van der Waals surface area contributed by atoms with E-state index in [1.807, 2.05) is 36.4 Å². The van der Waals surface area contributed by atoms with E-state index in [1.54, 1.807) is 0 Å². The number of rotatable bonds is 3. The number of carbonyl (C=O) groups is 4. The first-order valence-corrected chi connectivity index (χ1v) is 20.9. The Hall–Kier alpha value is -4.27.